The Balaban J connectivity index is 2.02. The van der Waals surface area contributed by atoms with Gasteiger partial charge in [-0.25, -0.2) is 0 Å². The van der Waals surface area contributed by atoms with Crippen molar-refractivity contribution in [3.05, 3.63) is 76.9 Å². The Hall–Kier alpha value is -1.82. The summed E-state index contributed by atoms with van der Waals surface area (Å²) in [5.74, 6) is 0. The van der Waals surface area contributed by atoms with Crippen LogP contribution >= 0.6 is 0 Å². The molecule has 6 rings (SSSR count). The highest BCUT2D eigenvalue weighted by Crippen LogP contribution is 2.19. The molecular weight excluding hydrogens is 216 g/mol. The highest BCUT2D eigenvalue weighted by molar-refractivity contribution is 5.53. The fourth-order valence-corrected chi connectivity index (χ4v) is 2.66. The fourth-order valence-electron chi connectivity index (χ4n) is 2.66. The predicted octanol–water partition coefficient (Wildman–Crippen LogP) is 4.21. The summed E-state index contributed by atoms with van der Waals surface area (Å²) in [6.45, 7) is 3.94. The molecule has 2 aromatic carbocycles. The first kappa shape index (κ1) is 11.3. The highest BCUT2D eigenvalue weighted by Gasteiger charge is 2.05. The van der Waals surface area contributed by atoms with Crippen LogP contribution in [0.1, 0.15) is 27.8 Å². The Morgan fingerprint density at radius 3 is 1.94 bits per heavy atom. The van der Waals surface area contributed by atoms with E-state index in [0.29, 0.717) is 0 Å². The van der Waals surface area contributed by atoms with Gasteiger partial charge in [0.2, 0.25) is 0 Å². The molecule has 0 spiro atoms. The molecule has 0 heteroatoms. The van der Waals surface area contributed by atoms with Crippen molar-refractivity contribution in [2.75, 3.05) is 0 Å². The van der Waals surface area contributed by atoms with E-state index in [1.54, 1.807) is 0 Å². The van der Waals surface area contributed by atoms with Crippen molar-refractivity contribution >= 4 is 6.08 Å². The van der Waals surface area contributed by atoms with Crippen molar-refractivity contribution in [2.24, 2.45) is 0 Å². The van der Waals surface area contributed by atoms with Crippen molar-refractivity contribution in [1.29, 1.82) is 0 Å². The molecule has 0 atom stereocenters. The molecule has 0 heterocycles. The highest BCUT2D eigenvalue weighted by atomic mass is 14.1. The van der Waals surface area contributed by atoms with Gasteiger partial charge in [0, 0.05) is 0 Å². The molecular formula is C18H18. The molecule has 90 valence electrons. The van der Waals surface area contributed by atoms with E-state index in [1.165, 1.54) is 27.8 Å². The molecule has 0 saturated carbocycles. The molecule has 4 bridgehead atoms. The Labute approximate surface area is 109 Å². The minimum Gasteiger partial charge on any atom is -0.0985 e. The molecule has 0 nitrogen and oxygen atoms in total. The summed E-state index contributed by atoms with van der Waals surface area (Å²) in [6, 6.07) is 16.0. The zero-order valence-electron chi connectivity index (χ0n) is 10.7. The smallest absolute Gasteiger partial charge is 0.0228 e. The minimum absolute atomic E-state index is 1.10. The van der Waals surface area contributed by atoms with Crippen LogP contribution in [0.3, 0.4) is 0 Å². The van der Waals surface area contributed by atoms with Gasteiger partial charge in [0.25, 0.3) is 0 Å². The van der Waals surface area contributed by atoms with Gasteiger partial charge in [0.1, 0.15) is 0 Å². The van der Waals surface area contributed by atoms with Gasteiger partial charge in [0.15, 0.2) is 0 Å². The van der Waals surface area contributed by atoms with Crippen LogP contribution in [0, 0.1) is 0 Å². The normalized spacial score (nSPS) is 14.0. The Kier molecular flexibility index (Phi) is 3.02. The van der Waals surface area contributed by atoms with Crippen LogP contribution in [0.4, 0.5) is 0 Å². The lowest BCUT2D eigenvalue weighted by molar-refractivity contribution is 0.919. The van der Waals surface area contributed by atoms with Crippen LogP contribution in [-0.2, 0) is 25.7 Å². The first-order valence-electron chi connectivity index (χ1n) is 6.67. The van der Waals surface area contributed by atoms with Gasteiger partial charge >= 0.3 is 0 Å². The quantitative estimate of drug-likeness (QED) is 0.693. The maximum Gasteiger partial charge on any atom is -0.0228 e. The molecule has 2 aromatic rings. The lowest BCUT2D eigenvalue weighted by Gasteiger charge is -2.12. The van der Waals surface area contributed by atoms with E-state index in [9.17, 15) is 0 Å². The zero-order chi connectivity index (χ0) is 12.4. The lowest BCUT2D eigenvalue weighted by atomic mass is 9.93. The number of hydrogen-bond acceptors (Lipinski definition) is 0. The van der Waals surface area contributed by atoms with Gasteiger partial charge < -0.3 is 0 Å². The third-order valence-corrected chi connectivity index (χ3v) is 3.84. The van der Waals surface area contributed by atoms with E-state index in [4.69, 9.17) is 0 Å². The van der Waals surface area contributed by atoms with Crippen LogP contribution in [-0.4, -0.2) is 0 Å². The standard InChI is InChI=1S/C18H18/c1-2-17-13-16-8-7-14-3-5-15(6-4-14)9-11-18(17)12-10-16/h2-6,10,12-13H,1,7-9,11H2. The molecule has 0 radical (unpaired) electrons. The summed E-state index contributed by atoms with van der Waals surface area (Å²) in [4.78, 5) is 0. The maximum atomic E-state index is 3.94. The number of benzene rings is 2. The molecule has 0 aromatic heterocycles. The third kappa shape index (κ3) is 2.24. The molecule has 4 aliphatic rings. The Morgan fingerprint density at radius 1 is 0.722 bits per heavy atom. The van der Waals surface area contributed by atoms with Crippen LogP contribution < -0.4 is 0 Å². The lowest BCUT2D eigenvalue weighted by Crippen LogP contribution is -1.99. The molecule has 0 aliphatic heterocycles. The van der Waals surface area contributed by atoms with E-state index in [-0.39, 0.29) is 0 Å². The second-order valence-electron chi connectivity index (χ2n) is 5.05. The average Bonchev–Trinajstić information content (AvgIpc) is 2.41. The van der Waals surface area contributed by atoms with Gasteiger partial charge in [0.05, 0.1) is 0 Å². The molecule has 0 saturated heterocycles. The second kappa shape index (κ2) is 4.81. The Bertz CT molecular complexity index is 561. The predicted molar refractivity (Wildman–Crippen MR) is 77.8 cm³/mol. The van der Waals surface area contributed by atoms with E-state index in [0.717, 1.165) is 25.7 Å². The third-order valence-electron chi connectivity index (χ3n) is 3.84. The van der Waals surface area contributed by atoms with Gasteiger partial charge in [-0.05, 0) is 53.5 Å². The van der Waals surface area contributed by atoms with E-state index >= 15 is 0 Å². The van der Waals surface area contributed by atoms with Crippen molar-refractivity contribution < 1.29 is 0 Å². The fraction of sp³-hybridized carbons (Fsp3) is 0.222. The first-order valence-corrected chi connectivity index (χ1v) is 6.67. The molecule has 4 aliphatic carbocycles. The average molecular weight is 234 g/mol. The van der Waals surface area contributed by atoms with Crippen LogP contribution in [0.2, 0.25) is 0 Å². The summed E-state index contributed by atoms with van der Waals surface area (Å²) in [5.41, 5.74) is 7.00. The van der Waals surface area contributed by atoms with E-state index in [1.807, 2.05) is 6.08 Å². The zero-order valence-corrected chi connectivity index (χ0v) is 10.7. The topological polar surface area (TPSA) is 0 Å². The minimum atomic E-state index is 1.10. The first-order chi connectivity index (χ1) is 8.85. The molecule has 0 amide bonds. The number of rotatable bonds is 1. The Morgan fingerprint density at radius 2 is 1.28 bits per heavy atom. The largest absolute Gasteiger partial charge is 0.0985 e. The van der Waals surface area contributed by atoms with Crippen molar-refractivity contribution in [2.45, 2.75) is 25.7 Å². The van der Waals surface area contributed by atoms with Crippen molar-refractivity contribution in [3.8, 4) is 0 Å². The molecule has 18 heavy (non-hydrogen) atoms. The second-order valence-corrected chi connectivity index (χ2v) is 5.05. The monoisotopic (exact) mass is 234 g/mol. The van der Waals surface area contributed by atoms with Gasteiger partial charge in [-0.1, -0.05) is 55.1 Å². The number of hydrogen-bond donors (Lipinski definition) is 0. The summed E-state index contributed by atoms with van der Waals surface area (Å²) in [6.07, 6.45) is 6.43. The van der Waals surface area contributed by atoms with Crippen LogP contribution in [0.5, 0.6) is 0 Å². The number of aryl methyl sites for hydroxylation is 4. The van der Waals surface area contributed by atoms with Gasteiger partial charge in [-0.3, -0.25) is 0 Å². The van der Waals surface area contributed by atoms with Crippen molar-refractivity contribution in [1.82, 2.24) is 0 Å². The molecule has 0 unspecified atom stereocenters. The van der Waals surface area contributed by atoms with Crippen LogP contribution in [0.15, 0.2) is 49.0 Å². The maximum absolute atomic E-state index is 3.94. The summed E-state index contributed by atoms with van der Waals surface area (Å²) < 4.78 is 0. The summed E-state index contributed by atoms with van der Waals surface area (Å²) >= 11 is 0. The van der Waals surface area contributed by atoms with Crippen molar-refractivity contribution in [3.63, 3.8) is 0 Å². The van der Waals surface area contributed by atoms with Gasteiger partial charge in [-0.15, -0.1) is 0 Å². The molecule has 0 N–H and O–H groups in total. The van der Waals surface area contributed by atoms with E-state index < -0.39 is 0 Å². The van der Waals surface area contributed by atoms with E-state index in [2.05, 4.69) is 49.0 Å². The SMILES string of the molecule is C=Cc1cc2ccc1CCc1ccc(cc1)CC2. The summed E-state index contributed by atoms with van der Waals surface area (Å²) in [7, 11) is 0. The van der Waals surface area contributed by atoms with Gasteiger partial charge in [-0.2, -0.15) is 0 Å². The van der Waals surface area contributed by atoms with Crippen LogP contribution in [0.25, 0.3) is 6.08 Å². The summed E-state index contributed by atoms with van der Waals surface area (Å²) in [5, 5.41) is 0. The molecule has 0 fully saturated rings.